The van der Waals surface area contributed by atoms with Crippen LogP contribution in [-0.2, 0) is 0 Å². The number of likely N-dealkylation sites (N-methyl/N-ethyl adjacent to an activating group) is 1. The fourth-order valence-corrected chi connectivity index (χ4v) is 1.88. The zero-order chi connectivity index (χ0) is 14.8. The van der Waals surface area contributed by atoms with E-state index >= 15 is 0 Å². The van der Waals surface area contributed by atoms with Crippen LogP contribution in [0.1, 0.15) is 31.1 Å². The van der Waals surface area contributed by atoms with Gasteiger partial charge in [0.2, 0.25) is 0 Å². The van der Waals surface area contributed by atoms with Crippen LogP contribution in [-0.4, -0.2) is 34.6 Å². The number of nitrogens with zero attached hydrogens (tertiary/aromatic N) is 1. The minimum absolute atomic E-state index is 0.0671. The number of halogens is 3. The van der Waals surface area contributed by atoms with Crippen LogP contribution in [0.15, 0.2) is 12.1 Å². The van der Waals surface area contributed by atoms with Crippen LogP contribution < -0.4 is 0 Å². The van der Waals surface area contributed by atoms with E-state index in [1.807, 2.05) is 0 Å². The Kier molecular flexibility index (Phi) is 4.87. The zero-order valence-corrected chi connectivity index (χ0v) is 11.8. The van der Waals surface area contributed by atoms with Gasteiger partial charge in [-0.15, -0.1) is 0 Å². The fraction of sp³-hybridized carbons (Fsp3) is 0.462. The van der Waals surface area contributed by atoms with Crippen LogP contribution in [0.4, 0.5) is 8.78 Å². The number of carbonyl (C=O) groups is 1. The quantitative estimate of drug-likeness (QED) is 0.867. The Bertz CT molecular complexity index is 486. The van der Waals surface area contributed by atoms with Gasteiger partial charge in [0, 0.05) is 13.1 Å². The Morgan fingerprint density at radius 1 is 1.37 bits per heavy atom. The molecule has 0 saturated carbocycles. The molecule has 19 heavy (non-hydrogen) atoms. The number of benzene rings is 1. The molecule has 1 aromatic carbocycles. The van der Waals surface area contributed by atoms with Gasteiger partial charge in [0.25, 0.3) is 5.91 Å². The molecule has 0 heterocycles. The maximum Gasteiger partial charge on any atom is 0.255 e. The Balaban J connectivity index is 3.08. The lowest BCUT2D eigenvalue weighted by Gasteiger charge is -2.28. The number of hydrogen-bond acceptors (Lipinski definition) is 2. The second kappa shape index (κ2) is 5.84. The highest BCUT2D eigenvalue weighted by molar-refractivity contribution is 6.33. The third kappa shape index (κ3) is 4.14. The van der Waals surface area contributed by atoms with E-state index in [4.69, 9.17) is 11.6 Å². The van der Waals surface area contributed by atoms with Gasteiger partial charge in [-0.25, -0.2) is 8.78 Å². The minimum atomic E-state index is -1.13. The summed E-state index contributed by atoms with van der Waals surface area (Å²) >= 11 is 5.75. The fourth-order valence-electron chi connectivity index (χ4n) is 1.65. The first kappa shape index (κ1) is 15.9. The van der Waals surface area contributed by atoms with Gasteiger partial charge in [-0.1, -0.05) is 11.6 Å². The van der Waals surface area contributed by atoms with Crippen LogP contribution in [0.3, 0.4) is 0 Å². The molecule has 0 saturated heterocycles. The molecule has 0 aromatic heterocycles. The maximum atomic E-state index is 13.2. The van der Waals surface area contributed by atoms with Crippen molar-refractivity contribution < 1.29 is 18.7 Å². The third-order valence-corrected chi connectivity index (χ3v) is 2.80. The van der Waals surface area contributed by atoms with E-state index in [1.165, 1.54) is 4.90 Å². The van der Waals surface area contributed by atoms with Gasteiger partial charge in [0.05, 0.1) is 16.2 Å². The molecule has 1 amide bonds. The molecule has 0 bridgehead atoms. The topological polar surface area (TPSA) is 40.5 Å². The van der Waals surface area contributed by atoms with Crippen LogP contribution in [0.5, 0.6) is 0 Å². The lowest BCUT2D eigenvalue weighted by Crippen LogP contribution is -2.42. The maximum absolute atomic E-state index is 13.2. The van der Waals surface area contributed by atoms with E-state index in [1.54, 1.807) is 20.8 Å². The van der Waals surface area contributed by atoms with E-state index < -0.39 is 23.1 Å². The molecular weight excluding hydrogens is 276 g/mol. The second-order valence-electron chi connectivity index (χ2n) is 4.88. The van der Waals surface area contributed by atoms with Crippen molar-refractivity contribution in [3.8, 4) is 0 Å². The normalized spacial score (nSPS) is 11.5. The Labute approximate surface area is 115 Å². The molecule has 0 radical (unpaired) electrons. The van der Waals surface area contributed by atoms with Gasteiger partial charge in [-0.05, 0) is 32.9 Å². The van der Waals surface area contributed by atoms with Crippen LogP contribution in [0, 0.1) is 11.6 Å². The number of rotatable bonds is 4. The van der Waals surface area contributed by atoms with Crippen LogP contribution in [0.25, 0.3) is 0 Å². The first-order chi connectivity index (χ1) is 8.65. The van der Waals surface area contributed by atoms with Gasteiger partial charge in [0.1, 0.15) is 0 Å². The smallest absolute Gasteiger partial charge is 0.255 e. The van der Waals surface area contributed by atoms with Gasteiger partial charge < -0.3 is 10.0 Å². The average molecular weight is 292 g/mol. The van der Waals surface area contributed by atoms with Crippen molar-refractivity contribution >= 4 is 17.5 Å². The molecule has 0 unspecified atom stereocenters. The predicted molar refractivity (Wildman–Crippen MR) is 69.2 cm³/mol. The van der Waals surface area contributed by atoms with Crippen molar-refractivity contribution in [1.82, 2.24) is 4.90 Å². The monoisotopic (exact) mass is 291 g/mol. The number of aliphatic hydroxyl groups is 1. The molecule has 106 valence electrons. The summed E-state index contributed by atoms with van der Waals surface area (Å²) in [6.45, 7) is 5.21. The second-order valence-corrected chi connectivity index (χ2v) is 5.29. The zero-order valence-electron chi connectivity index (χ0n) is 11.0. The standard InChI is InChI=1S/C13H16ClF2NO2/c1-4-17(7-13(2,3)19)12(18)8-5-10(15)11(16)6-9(8)14/h5-6,19H,4,7H2,1-3H3. The molecule has 0 aliphatic heterocycles. The van der Waals surface area contributed by atoms with Crippen molar-refractivity contribution in [2.24, 2.45) is 0 Å². The van der Waals surface area contributed by atoms with Crippen LogP contribution >= 0.6 is 11.6 Å². The van der Waals surface area contributed by atoms with Crippen molar-refractivity contribution in [3.63, 3.8) is 0 Å². The van der Waals surface area contributed by atoms with E-state index in [9.17, 15) is 18.7 Å². The molecule has 0 aliphatic rings. The molecule has 0 aliphatic carbocycles. The lowest BCUT2D eigenvalue weighted by molar-refractivity contribution is 0.0314. The van der Waals surface area contributed by atoms with Crippen molar-refractivity contribution in [3.05, 3.63) is 34.4 Å². The largest absolute Gasteiger partial charge is 0.389 e. The lowest BCUT2D eigenvalue weighted by atomic mass is 10.1. The number of hydrogen-bond donors (Lipinski definition) is 1. The van der Waals surface area contributed by atoms with E-state index in [0.29, 0.717) is 6.54 Å². The summed E-state index contributed by atoms with van der Waals surface area (Å²) in [7, 11) is 0. The average Bonchev–Trinajstić information content (AvgIpc) is 2.28. The Morgan fingerprint density at radius 3 is 2.37 bits per heavy atom. The SMILES string of the molecule is CCN(CC(C)(C)O)C(=O)c1cc(F)c(F)cc1Cl. The molecule has 3 nitrogen and oxygen atoms in total. The third-order valence-electron chi connectivity index (χ3n) is 2.49. The summed E-state index contributed by atoms with van der Waals surface area (Å²) in [5, 5.41) is 9.57. The Morgan fingerprint density at radius 2 is 1.89 bits per heavy atom. The molecular formula is C13H16ClF2NO2. The van der Waals surface area contributed by atoms with Crippen molar-refractivity contribution in [2.75, 3.05) is 13.1 Å². The van der Waals surface area contributed by atoms with Gasteiger partial charge in [-0.2, -0.15) is 0 Å². The summed E-state index contributed by atoms with van der Waals surface area (Å²) in [4.78, 5) is 13.5. The highest BCUT2D eigenvalue weighted by Crippen LogP contribution is 2.22. The first-order valence-electron chi connectivity index (χ1n) is 5.82. The molecule has 0 atom stereocenters. The number of carbonyl (C=O) groups excluding carboxylic acids is 1. The summed E-state index contributed by atoms with van der Waals surface area (Å²) in [6.07, 6.45) is 0. The summed E-state index contributed by atoms with van der Waals surface area (Å²) in [5.41, 5.74) is -1.21. The molecule has 0 fully saturated rings. The summed E-state index contributed by atoms with van der Waals surface area (Å²) < 4.78 is 26.1. The van der Waals surface area contributed by atoms with E-state index in [-0.39, 0.29) is 17.1 Å². The highest BCUT2D eigenvalue weighted by atomic mass is 35.5. The van der Waals surface area contributed by atoms with Gasteiger partial charge in [-0.3, -0.25) is 4.79 Å². The number of amides is 1. The summed E-state index contributed by atoms with van der Waals surface area (Å²) in [5.74, 6) is -2.78. The van der Waals surface area contributed by atoms with E-state index in [2.05, 4.69) is 0 Å². The van der Waals surface area contributed by atoms with Gasteiger partial charge in [0.15, 0.2) is 11.6 Å². The first-order valence-corrected chi connectivity index (χ1v) is 6.19. The van der Waals surface area contributed by atoms with Gasteiger partial charge >= 0.3 is 0 Å². The predicted octanol–water partition coefficient (Wildman–Crippen LogP) is 2.85. The highest BCUT2D eigenvalue weighted by Gasteiger charge is 2.24. The molecule has 1 aromatic rings. The minimum Gasteiger partial charge on any atom is -0.389 e. The molecule has 1 rings (SSSR count). The molecule has 6 heteroatoms. The Hall–Kier alpha value is -1.20. The van der Waals surface area contributed by atoms with Crippen molar-refractivity contribution in [1.29, 1.82) is 0 Å². The molecule has 1 N–H and O–H groups in total. The van der Waals surface area contributed by atoms with E-state index in [0.717, 1.165) is 12.1 Å². The molecule has 0 spiro atoms. The summed E-state index contributed by atoms with van der Waals surface area (Å²) in [6, 6.07) is 1.54. The van der Waals surface area contributed by atoms with Crippen LogP contribution in [0.2, 0.25) is 5.02 Å². The van der Waals surface area contributed by atoms with Crippen molar-refractivity contribution in [2.45, 2.75) is 26.4 Å².